The van der Waals surface area contributed by atoms with Crippen molar-refractivity contribution in [2.24, 2.45) is 5.41 Å². The monoisotopic (exact) mass is 192 g/mol. The summed E-state index contributed by atoms with van der Waals surface area (Å²) < 4.78 is 0. The van der Waals surface area contributed by atoms with Crippen molar-refractivity contribution in [1.29, 1.82) is 5.26 Å². The first-order chi connectivity index (χ1) is 6.58. The van der Waals surface area contributed by atoms with E-state index in [4.69, 9.17) is 0 Å². The minimum Gasteiger partial charge on any atom is -0.286 e. The van der Waals surface area contributed by atoms with Gasteiger partial charge >= 0.3 is 0 Å². The van der Waals surface area contributed by atoms with Crippen LogP contribution in [0.5, 0.6) is 0 Å². The Kier molecular flexibility index (Phi) is 2.31. The highest BCUT2D eigenvalue weighted by Gasteiger charge is 2.47. The highest BCUT2D eigenvalue weighted by Crippen LogP contribution is 2.47. The molecule has 78 valence electrons. The van der Waals surface area contributed by atoms with Crippen LogP contribution < -0.4 is 0 Å². The Balaban J connectivity index is 2.16. The smallest absolute Gasteiger partial charge is 0.109 e. The SMILES string of the molecule is CC1(C)CCC(C#N)(N2CCCC2)C1. The number of nitrogens with zero attached hydrogens (tertiary/aromatic N) is 2. The molecule has 1 heterocycles. The van der Waals surface area contributed by atoms with E-state index in [0.717, 1.165) is 25.9 Å². The molecule has 2 aliphatic rings. The third-order valence-corrected chi connectivity index (χ3v) is 3.91. The lowest BCUT2D eigenvalue weighted by molar-refractivity contribution is 0.164. The molecule has 2 rings (SSSR count). The second-order valence-corrected chi connectivity index (χ2v) is 5.68. The Morgan fingerprint density at radius 3 is 2.21 bits per heavy atom. The molecule has 0 spiro atoms. The number of hydrogen-bond donors (Lipinski definition) is 0. The lowest BCUT2D eigenvalue weighted by Crippen LogP contribution is -2.44. The van der Waals surface area contributed by atoms with Crippen LogP contribution in [0.4, 0.5) is 0 Å². The first-order valence-corrected chi connectivity index (χ1v) is 5.74. The maximum Gasteiger partial charge on any atom is 0.109 e. The van der Waals surface area contributed by atoms with E-state index < -0.39 is 0 Å². The van der Waals surface area contributed by atoms with Gasteiger partial charge in [0.2, 0.25) is 0 Å². The van der Waals surface area contributed by atoms with Crippen LogP contribution in [0, 0.1) is 16.7 Å². The van der Waals surface area contributed by atoms with E-state index in [2.05, 4.69) is 24.8 Å². The molecule has 1 aliphatic heterocycles. The molecule has 0 N–H and O–H groups in total. The Morgan fingerprint density at radius 1 is 1.14 bits per heavy atom. The van der Waals surface area contributed by atoms with Gasteiger partial charge in [-0.25, -0.2) is 0 Å². The van der Waals surface area contributed by atoms with Crippen molar-refractivity contribution in [3.05, 3.63) is 0 Å². The van der Waals surface area contributed by atoms with Crippen molar-refractivity contribution >= 4 is 0 Å². The molecule has 0 radical (unpaired) electrons. The summed E-state index contributed by atoms with van der Waals surface area (Å²) in [4.78, 5) is 2.43. The second-order valence-electron chi connectivity index (χ2n) is 5.68. The molecule has 0 aromatic rings. The standard InChI is InChI=1S/C12H20N2/c1-11(2)5-6-12(9-11,10-13)14-7-3-4-8-14/h3-9H2,1-2H3. The number of likely N-dealkylation sites (tertiary alicyclic amines) is 1. The molecule has 1 aliphatic carbocycles. The summed E-state index contributed by atoms with van der Waals surface area (Å²) in [7, 11) is 0. The van der Waals surface area contributed by atoms with E-state index in [1.54, 1.807) is 0 Å². The summed E-state index contributed by atoms with van der Waals surface area (Å²) in [6.45, 7) is 6.87. The van der Waals surface area contributed by atoms with Gasteiger partial charge in [0.1, 0.15) is 5.54 Å². The van der Waals surface area contributed by atoms with Gasteiger partial charge in [-0.3, -0.25) is 4.90 Å². The van der Waals surface area contributed by atoms with E-state index in [9.17, 15) is 5.26 Å². The molecule has 1 atom stereocenters. The molecular weight excluding hydrogens is 172 g/mol. The van der Waals surface area contributed by atoms with E-state index in [1.807, 2.05) is 0 Å². The van der Waals surface area contributed by atoms with Gasteiger partial charge in [-0.2, -0.15) is 5.26 Å². The number of nitriles is 1. The summed E-state index contributed by atoms with van der Waals surface area (Å²) >= 11 is 0. The molecule has 1 saturated carbocycles. The predicted molar refractivity (Wildman–Crippen MR) is 56.8 cm³/mol. The lowest BCUT2D eigenvalue weighted by Gasteiger charge is -2.33. The van der Waals surface area contributed by atoms with Crippen LogP contribution in [-0.4, -0.2) is 23.5 Å². The zero-order valence-electron chi connectivity index (χ0n) is 9.34. The molecule has 0 amide bonds. The second kappa shape index (κ2) is 3.24. The largest absolute Gasteiger partial charge is 0.286 e. The van der Waals surface area contributed by atoms with Gasteiger partial charge in [0.05, 0.1) is 6.07 Å². The summed E-state index contributed by atoms with van der Waals surface area (Å²) in [6.07, 6.45) is 5.91. The van der Waals surface area contributed by atoms with E-state index in [-0.39, 0.29) is 5.54 Å². The zero-order chi connectivity index (χ0) is 10.2. The molecule has 2 heteroatoms. The fourth-order valence-corrected chi connectivity index (χ4v) is 3.09. The van der Waals surface area contributed by atoms with Crippen molar-refractivity contribution in [2.75, 3.05) is 13.1 Å². The predicted octanol–water partition coefficient (Wildman–Crippen LogP) is 2.55. The highest BCUT2D eigenvalue weighted by molar-refractivity contribution is 5.15. The van der Waals surface area contributed by atoms with Crippen LogP contribution in [-0.2, 0) is 0 Å². The van der Waals surface area contributed by atoms with Gasteiger partial charge in [0.25, 0.3) is 0 Å². The molecule has 1 unspecified atom stereocenters. The van der Waals surface area contributed by atoms with Gasteiger partial charge in [-0.1, -0.05) is 13.8 Å². The van der Waals surface area contributed by atoms with Crippen LogP contribution in [0.1, 0.15) is 46.0 Å². The highest BCUT2D eigenvalue weighted by atomic mass is 15.2. The van der Waals surface area contributed by atoms with Crippen LogP contribution in [0.25, 0.3) is 0 Å². The topological polar surface area (TPSA) is 27.0 Å². The normalized spacial score (nSPS) is 37.2. The first-order valence-electron chi connectivity index (χ1n) is 5.74. The number of rotatable bonds is 1. The average molecular weight is 192 g/mol. The van der Waals surface area contributed by atoms with Crippen LogP contribution in [0.2, 0.25) is 0 Å². The van der Waals surface area contributed by atoms with E-state index in [1.165, 1.54) is 19.3 Å². The Labute approximate surface area is 86.9 Å². The van der Waals surface area contributed by atoms with Crippen LogP contribution in [0.15, 0.2) is 0 Å². The molecule has 0 aromatic carbocycles. The average Bonchev–Trinajstić information content (AvgIpc) is 2.72. The fourth-order valence-electron chi connectivity index (χ4n) is 3.09. The van der Waals surface area contributed by atoms with Gasteiger partial charge in [-0.15, -0.1) is 0 Å². The molecular formula is C12H20N2. The Morgan fingerprint density at radius 2 is 1.79 bits per heavy atom. The van der Waals surface area contributed by atoms with Crippen molar-refractivity contribution < 1.29 is 0 Å². The van der Waals surface area contributed by atoms with Crippen LogP contribution in [0.3, 0.4) is 0 Å². The third kappa shape index (κ3) is 1.54. The van der Waals surface area contributed by atoms with E-state index in [0.29, 0.717) is 5.41 Å². The fraction of sp³-hybridized carbons (Fsp3) is 0.917. The maximum absolute atomic E-state index is 9.42. The Hall–Kier alpha value is -0.550. The van der Waals surface area contributed by atoms with Gasteiger partial charge < -0.3 is 0 Å². The van der Waals surface area contributed by atoms with Gasteiger partial charge in [-0.05, 0) is 50.6 Å². The molecule has 0 bridgehead atoms. The minimum atomic E-state index is -0.111. The third-order valence-electron chi connectivity index (χ3n) is 3.91. The minimum absolute atomic E-state index is 0.111. The summed E-state index contributed by atoms with van der Waals surface area (Å²) in [5.41, 5.74) is 0.262. The quantitative estimate of drug-likeness (QED) is 0.638. The lowest BCUT2D eigenvalue weighted by atomic mass is 9.87. The summed E-state index contributed by atoms with van der Waals surface area (Å²) in [5.74, 6) is 0. The maximum atomic E-state index is 9.42. The molecule has 2 fully saturated rings. The number of hydrogen-bond acceptors (Lipinski definition) is 2. The zero-order valence-corrected chi connectivity index (χ0v) is 9.34. The summed E-state index contributed by atoms with van der Waals surface area (Å²) in [5, 5.41) is 9.42. The molecule has 14 heavy (non-hydrogen) atoms. The van der Waals surface area contributed by atoms with E-state index >= 15 is 0 Å². The van der Waals surface area contributed by atoms with Crippen LogP contribution >= 0.6 is 0 Å². The van der Waals surface area contributed by atoms with Gasteiger partial charge in [0.15, 0.2) is 0 Å². The molecule has 0 aromatic heterocycles. The first kappa shape index (κ1) is 9.98. The van der Waals surface area contributed by atoms with Crippen molar-refractivity contribution in [3.8, 4) is 6.07 Å². The Bertz CT molecular complexity index is 258. The van der Waals surface area contributed by atoms with Crippen molar-refractivity contribution in [3.63, 3.8) is 0 Å². The molecule has 2 nitrogen and oxygen atoms in total. The van der Waals surface area contributed by atoms with Gasteiger partial charge in [0, 0.05) is 0 Å². The van der Waals surface area contributed by atoms with Crippen molar-refractivity contribution in [1.82, 2.24) is 4.90 Å². The summed E-state index contributed by atoms with van der Waals surface area (Å²) in [6, 6.07) is 2.60. The molecule has 1 saturated heterocycles. The van der Waals surface area contributed by atoms with Crippen molar-refractivity contribution in [2.45, 2.75) is 51.5 Å².